The van der Waals surface area contributed by atoms with Crippen molar-refractivity contribution in [2.75, 3.05) is 0 Å². The first-order valence-corrected chi connectivity index (χ1v) is 4.20. The third kappa shape index (κ3) is 1.74. The molecule has 58 valence electrons. The number of thiazole rings is 1. The van der Waals surface area contributed by atoms with Crippen molar-refractivity contribution in [3.63, 3.8) is 0 Å². The normalized spacial score (nSPS) is 10.7. The quantitative estimate of drug-likeness (QED) is 0.673. The Labute approximate surface area is 70.1 Å². The van der Waals surface area contributed by atoms with Gasteiger partial charge in [0.05, 0.1) is 15.6 Å². The van der Waals surface area contributed by atoms with Crippen LogP contribution in [0.25, 0.3) is 6.08 Å². The highest BCUT2D eigenvalue weighted by molar-refractivity contribution is 7.12. The lowest BCUT2D eigenvalue weighted by Gasteiger charge is -1.83. The molecule has 3 heteroatoms. The average molecular weight is 166 g/mol. The molecule has 0 aliphatic carbocycles. The number of nitrogens with one attached hydrogen (secondary N) is 1. The Balaban J connectivity index is 3.11. The first-order chi connectivity index (χ1) is 5.27. The molecule has 1 N–H and O–H groups in total. The van der Waals surface area contributed by atoms with Crippen LogP contribution in [0.4, 0.5) is 0 Å². The molecule has 0 radical (unpaired) electrons. The predicted octanol–water partition coefficient (Wildman–Crippen LogP) is 2.48. The number of nitrogens with zero attached hydrogens (tertiary/aromatic N) is 1. The van der Waals surface area contributed by atoms with Crippen LogP contribution >= 0.6 is 11.3 Å². The Bertz CT molecular complexity index is 286. The van der Waals surface area contributed by atoms with Crippen LogP contribution in [0.15, 0.2) is 6.08 Å². The van der Waals surface area contributed by atoms with Gasteiger partial charge in [-0.05, 0) is 19.9 Å². The average Bonchev–Trinajstić information content (AvgIpc) is 2.32. The third-order valence-corrected chi connectivity index (χ3v) is 2.19. The van der Waals surface area contributed by atoms with Crippen molar-refractivity contribution in [3.05, 3.63) is 21.7 Å². The molecule has 1 rings (SSSR count). The number of hydrogen-bond donors (Lipinski definition) is 1. The first-order valence-electron chi connectivity index (χ1n) is 3.38. The molecule has 11 heavy (non-hydrogen) atoms. The van der Waals surface area contributed by atoms with Crippen LogP contribution in [-0.4, -0.2) is 11.2 Å². The molecule has 0 unspecified atom stereocenters. The van der Waals surface area contributed by atoms with E-state index in [4.69, 9.17) is 5.41 Å². The van der Waals surface area contributed by atoms with Gasteiger partial charge in [-0.3, -0.25) is 0 Å². The second kappa shape index (κ2) is 3.44. The van der Waals surface area contributed by atoms with Gasteiger partial charge in [-0.1, -0.05) is 6.08 Å². The van der Waals surface area contributed by atoms with Gasteiger partial charge in [-0.25, -0.2) is 4.98 Å². The maximum absolute atomic E-state index is 7.06. The van der Waals surface area contributed by atoms with Crippen molar-refractivity contribution in [3.8, 4) is 0 Å². The van der Waals surface area contributed by atoms with Gasteiger partial charge in [-0.15, -0.1) is 11.3 Å². The van der Waals surface area contributed by atoms with Gasteiger partial charge in [0, 0.05) is 6.21 Å². The number of hydrogen-bond acceptors (Lipinski definition) is 3. The van der Waals surface area contributed by atoms with Crippen LogP contribution in [-0.2, 0) is 0 Å². The van der Waals surface area contributed by atoms with Crippen LogP contribution in [0, 0.1) is 12.3 Å². The second-order valence-electron chi connectivity index (χ2n) is 2.13. The molecule has 0 aliphatic heterocycles. The van der Waals surface area contributed by atoms with Crippen LogP contribution in [0.3, 0.4) is 0 Å². The molecule has 0 saturated carbocycles. The molecular weight excluding hydrogens is 156 g/mol. The minimum absolute atomic E-state index is 0.769. The Morgan fingerprint density at radius 1 is 1.55 bits per heavy atom. The summed E-state index contributed by atoms with van der Waals surface area (Å²) in [6.45, 7) is 3.91. The monoisotopic (exact) mass is 166 g/mol. The summed E-state index contributed by atoms with van der Waals surface area (Å²) in [6, 6.07) is 0. The second-order valence-corrected chi connectivity index (χ2v) is 3.36. The Morgan fingerprint density at radius 2 is 2.27 bits per heavy atom. The van der Waals surface area contributed by atoms with Crippen LogP contribution < -0.4 is 0 Å². The van der Waals surface area contributed by atoms with Crippen molar-refractivity contribution in [1.29, 1.82) is 5.41 Å². The highest BCUT2D eigenvalue weighted by atomic mass is 32.1. The maximum Gasteiger partial charge on any atom is 0.0990 e. The fourth-order valence-corrected chi connectivity index (χ4v) is 1.71. The van der Waals surface area contributed by atoms with E-state index in [-0.39, 0.29) is 0 Å². The summed E-state index contributed by atoms with van der Waals surface area (Å²) in [7, 11) is 0. The molecule has 0 fully saturated rings. The molecule has 1 aromatic rings. The van der Waals surface area contributed by atoms with Crippen LogP contribution in [0.2, 0.25) is 0 Å². The lowest BCUT2D eigenvalue weighted by Crippen LogP contribution is -1.81. The number of allylic oxidation sites excluding steroid dienone is 1. The van der Waals surface area contributed by atoms with E-state index < -0.39 is 0 Å². The van der Waals surface area contributed by atoms with Gasteiger partial charge in [0.15, 0.2) is 0 Å². The fourth-order valence-electron chi connectivity index (χ4n) is 0.833. The standard InChI is InChI=1S/C8H10N2S/c1-3-4-8-7(5-9)10-6(2)11-8/h3-5,9H,1-2H3/b4-3-,9-5?. The number of rotatable bonds is 2. The summed E-state index contributed by atoms with van der Waals surface area (Å²) in [5.41, 5.74) is 0.769. The zero-order valence-corrected chi connectivity index (χ0v) is 7.40. The summed E-state index contributed by atoms with van der Waals surface area (Å²) in [6.07, 6.45) is 5.23. The Hall–Kier alpha value is -0.960. The highest BCUT2D eigenvalue weighted by Gasteiger charge is 2.01. The number of aryl methyl sites for hydroxylation is 1. The highest BCUT2D eigenvalue weighted by Crippen LogP contribution is 2.17. The summed E-state index contributed by atoms with van der Waals surface area (Å²) in [5, 5.41) is 8.07. The molecule has 0 bridgehead atoms. The van der Waals surface area contributed by atoms with Crippen LogP contribution in [0.5, 0.6) is 0 Å². The van der Waals surface area contributed by atoms with Gasteiger partial charge in [0.25, 0.3) is 0 Å². The van der Waals surface area contributed by atoms with Crippen molar-refractivity contribution < 1.29 is 0 Å². The van der Waals surface area contributed by atoms with E-state index in [0.29, 0.717) is 0 Å². The summed E-state index contributed by atoms with van der Waals surface area (Å²) < 4.78 is 0. The molecule has 0 aliphatic rings. The van der Waals surface area contributed by atoms with Gasteiger partial charge in [0.1, 0.15) is 0 Å². The molecule has 1 aromatic heterocycles. The fraction of sp³-hybridized carbons (Fsp3) is 0.250. The van der Waals surface area contributed by atoms with E-state index in [1.165, 1.54) is 6.21 Å². The van der Waals surface area contributed by atoms with Crippen molar-refractivity contribution in [2.24, 2.45) is 0 Å². The lowest BCUT2D eigenvalue weighted by molar-refractivity contribution is 1.27. The van der Waals surface area contributed by atoms with E-state index in [2.05, 4.69) is 4.98 Å². The largest absolute Gasteiger partial charge is 0.306 e. The van der Waals surface area contributed by atoms with E-state index in [1.807, 2.05) is 26.0 Å². The molecule has 0 amide bonds. The minimum atomic E-state index is 0.769. The molecule has 0 aromatic carbocycles. The van der Waals surface area contributed by atoms with Gasteiger partial charge < -0.3 is 5.41 Å². The minimum Gasteiger partial charge on any atom is -0.306 e. The zero-order chi connectivity index (χ0) is 8.27. The van der Waals surface area contributed by atoms with E-state index in [1.54, 1.807) is 11.3 Å². The van der Waals surface area contributed by atoms with Crippen molar-refractivity contribution >= 4 is 23.6 Å². The first kappa shape index (κ1) is 8.14. The number of aromatic nitrogens is 1. The Morgan fingerprint density at radius 3 is 2.82 bits per heavy atom. The van der Waals surface area contributed by atoms with E-state index in [9.17, 15) is 0 Å². The molecule has 0 saturated heterocycles. The zero-order valence-electron chi connectivity index (χ0n) is 6.59. The molecule has 2 nitrogen and oxygen atoms in total. The lowest BCUT2D eigenvalue weighted by atomic mass is 10.3. The van der Waals surface area contributed by atoms with E-state index in [0.717, 1.165) is 15.6 Å². The Kier molecular flexibility index (Phi) is 2.54. The molecular formula is C8H10N2S. The van der Waals surface area contributed by atoms with Gasteiger partial charge in [-0.2, -0.15) is 0 Å². The topological polar surface area (TPSA) is 36.7 Å². The summed E-state index contributed by atoms with van der Waals surface area (Å²) in [5.74, 6) is 0. The molecule has 1 heterocycles. The van der Waals surface area contributed by atoms with E-state index >= 15 is 0 Å². The SMILES string of the molecule is C/C=C\c1sc(C)nc1C=N. The summed E-state index contributed by atoms with van der Waals surface area (Å²) >= 11 is 1.61. The van der Waals surface area contributed by atoms with Crippen molar-refractivity contribution in [2.45, 2.75) is 13.8 Å². The predicted molar refractivity (Wildman–Crippen MR) is 49.4 cm³/mol. The third-order valence-electron chi connectivity index (χ3n) is 1.24. The molecule has 0 atom stereocenters. The van der Waals surface area contributed by atoms with Gasteiger partial charge >= 0.3 is 0 Å². The van der Waals surface area contributed by atoms with Gasteiger partial charge in [0.2, 0.25) is 0 Å². The molecule has 0 spiro atoms. The van der Waals surface area contributed by atoms with Crippen molar-refractivity contribution in [1.82, 2.24) is 4.98 Å². The summed E-state index contributed by atoms with van der Waals surface area (Å²) in [4.78, 5) is 5.24. The smallest absolute Gasteiger partial charge is 0.0990 e. The maximum atomic E-state index is 7.06. The van der Waals surface area contributed by atoms with Crippen LogP contribution in [0.1, 0.15) is 22.5 Å².